The topological polar surface area (TPSA) is 122 Å². The Kier molecular flexibility index (Phi) is 4.85. The smallest absolute Gasteiger partial charge is 0.326 e. The number of amides is 1. The Bertz CT molecular complexity index is 310. The van der Waals surface area contributed by atoms with Gasteiger partial charge in [-0.15, -0.1) is 0 Å². The molecule has 1 saturated heterocycles. The lowest BCUT2D eigenvalue weighted by atomic mass is 10.2. The highest BCUT2D eigenvalue weighted by Crippen LogP contribution is 2.02. The van der Waals surface area contributed by atoms with E-state index in [9.17, 15) is 14.4 Å². The quantitative estimate of drug-likeness (QED) is 0.537. The fraction of sp³-hybridized carbons (Fsp3) is 0.667. The molecule has 1 aliphatic rings. The van der Waals surface area contributed by atoms with Crippen molar-refractivity contribution in [3.05, 3.63) is 0 Å². The first-order chi connectivity index (χ1) is 8.00. The largest absolute Gasteiger partial charge is 0.481 e. The summed E-state index contributed by atoms with van der Waals surface area (Å²) in [6, 6.07) is -1.47. The van der Waals surface area contributed by atoms with E-state index in [1.165, 1.54) is 0 Å². The van der Waals surface area contributed by atoms with Crippen LogP contribution in [0.3, 0.4) is 0 Å². The Morgan fingerprint density at radius 2 is 2.00 bits per heavy atom. The van der Waals surface area contributed by atoms with Crippen LogP contribution in [0, 0.1) is 0 Å². The number of carbonyl (C=O) groups is 3. The van der Waals surface area contributed by atoms with Crippen LogP contribution in [0.2, 0.25) is 0 Å². The lowest BCUT2D eigenvalue weighted by Gasteiger charge is -2.23. The minimum absolute atomic E-state index is 0.0330. The minimum Gasteiger partial charge on any atom is -0.481 e. The van der Waals surface area contributed by atoms with Gasteiger partial charge in [0.05, 0.1) is 26.2 Å². The van der Waals surface area contributed by atoms with Crippen LogP contribution in [0.25, 0.3) is 0 Å². The van der Waals surface area contributed by atoms with Gasteiger partial charge in [-0.1, -0.05) is 0 Å². The van der Waals surface area contributed by atoms with Crippen molar-refractivity contribution in [1.29, 1.82) is 0 Å². The van der Waals surface area contributed by atoms with Crippen LogP contribution < -0.4 is 5.32 Å². The maximum atomic E-state index is 11.5. The molecule has 0 aliphatic carbocycles. The Balaban J connectivity index is 2.50. The molecule has 1 aliphatic heterocycles. The summed E-state index contributed by atoms with van der Waals surface area (Å²) in [5, 5.41) is 19.3. The number of ether oxygens (including phenoxy) is 2. The van der Waals surface area contributed by atoms with Gasteiger partial charge in [-0.05, 0) is 0 Å². The molecule has 3 N–H and O–H groups in total. The fourth-order valence-corrected chi connectivity index (χ4v) is 1.28. The maximum absolute atomic E-state index is 11.5. The van der Waals surface area contributed by atoms with Crippen molar-refractivity contribution < 1.29 is 34.1 Å². The Hall–Kier alpha value is -1.67. The summed E-state index contributed by atoms with van der Waals surface area (Å²) in [6.07, 6.45) is -1.58. The van der Waals surface area contributed by atoms with Gasteiger partial charge >= 0.3 is 11.9 Å². The predicted molar refractivity (Wildman–Crippen MR) is 52.4 cm³/mol. The molecular formula is C9H13NO7. The molecule has 8 heteroatoms. The summed E-state index contributed by atoms with van der Waals surface area (Å²) in [4.78, 5) is 32.6. The molecule has 0 aromatic carbocycles. The van der Waals surface area contributed by atoms with Crippen LogP contribution in [0.5, 0.6) is 0 Å². The number of aliphatic carboxylic acids is 2. The van der Waals surface area contributed by atoms with E-state index >= 15 is 0 Å². The van der Waals surface area contributed by atoms with Crippen LogP contribution in [0.1, 0.15) is 6.42 Å². The molecule has 0 radical (unpaired) electrons. The monoisotopic (exact) mass is 247 g/mol. The van der Waals surface area contributed by atoms with Crippen molar-refractivity contribution in [3.8, 4) is 0 Å². The Morgan fingerprint density at radius 1 is 1.29 bits per heavy atom. The van der Waals surface area contributed by atoms with Gasteiger partial charge in [-0.3, -0.25) is 9.59 Å². The third-order valence-electron chi connectivity index (χ3n) is 2.10. The molecule has 1 fully saturated rings. The summed E-state index contributed by atoms with van der Waals surface area (Å²) < 4.78 is 10.0. The van der Waals surface area contributed by atoms with Crippen molar-refractivity contribution in [2.24, 2.45) is 0 Å². The van der Waals surface area contributed by atoms with E-state index in [0.29, 0.717) is 6.61 Å². The molecule has 2 atom stereocenters. The highest BCUT2D eigenvalue weighted by molar-refractivity contribution is 5.88. The average molecular weight is 247 g/mol. The Labute approximate surface area is 96.5 Å². The van der Waals surface area contributed by atoms with Crippen LogP contribution in [-0.2, 0) is 23.9 Å². The molecule has 1 amide bonds. The minimum atomic E-state index is -1.47. The number of carboxylic acid groups (broad SMARTS) is 2. The zero-order chi connectivity index (χ0) is 12.8. The molecule has 0 aromatic heterocycles. The summed E-state index contributed by atoms with van der Waals surface area (Å²) in [5.74, 6) is -3.39. The van der Waals surface area contributed by atoms with Gasteiger partial charge in [0, 0.05) is 0 Å². The van der Waals surface area contributed by atoms with Crippen molar-refractivity contribution in [3.63, 3.8) is 0 Å². The fourth-order valence-electron chi connectivity index (χ4n) is 1.28. The molecule has 17 heavy (non-hydrogen) atoms. The number of hydrogen-bond acceptors (Lipinski definition) is 5. The molecular weight excluding hydrogens is 234 g/mol. The molecule has 1 heterocycles. The maximum Gasteiger partial charge on any atom is 0.326 e. The standard InChI is InChI=1S/C9H13NO7/c11-7(12)3-5(9(14)15)10-8(13)6-4-16-1-2-17-6/h5-6H,1-4H2,(H,10,13)(H,11,12)(H,14,15)/t5-,6?/m1/s1. The van der Waals surface area contributed by atoms with Crippen molar-refractivity contribution in [2.45, 2.75) is 18.6 Å². The predicted octanol–water partition coefficient (Wildman–Crippen LogP) is -1.55. The summed E-state index contributed by atoms with van der Waals surface area (Å²) in [6.45, 7) is 0.654. The van der Waals surface area contributed by atoms with Crippen LogP contribution >= 0.6 is 0 Å². The first-order valence-corrected chi connectivity index (χ1v) is 4.95. The lowest BCUT2D eigenvalue weighted by Crippen LogP contribution is -2.49. The number of hydrogen-bond donors (Lipinski definition) is 3. The molecule has 0 spiro atoms. The normalized spacial score (nSPS) is 21.5. The van der Waals surface area contributed by atoms with E-state index in [-0.39, 0.29) is 13.2 Å². The van der Waals surface area contributed by atoms with E-state index in [0.717, 1.165) is 0 Å². The number of nitrogens with one attached hydrogen (secondary N) is 1. The molecule has 0 aromatic rings. The van der Waals surface area contributed by atoms with Gasteiger partial charge < -0.3 is 25.0 Å². The third kappa shape index (κ3) is 4.37. The average Bonchev–Trinajstić information content (AvgIpc) is 2.28. The Morgan fingerprint density at radius 3 is 2.47 bits per heavy atom. The van der Waals surface area contributed by atoms with Crippen molar-refractivity contribution in [2.75, 3.05) is 19.8 Å². The number of carbonyl (C=O) groups excluding carboxylic acids is 1. The zero-order valence-corrected chi connectivity index (χ0v) is 8.92. The zero-order valence-electron chi connectivity index (χ0n) is 8.92. The molecule has 0 bridgehead atoms. The first kappa shape index (κ1) is 13.4. The SMILES string of the molecule is O=C(O)C[C@@H](NC(=O)C1COCCO1)C(=O)O. The molecule has 8 nitrogen and oxygen atoms in total. The van der Waals surface area contributed by atoms with Crippen molar-refractivity contribution >= 4 is 17.8 Å². The number of rotatable bonds is 5. The lowest BCUT2D eigenvalue weighted by molar-refractivity contribution is -0.154. The molecule has 0 saturated carbocycles. The second-order valence-corrected chi connectivity index (χ2v) is 3.43. The molecule has 1 unspecified atom stereocenters. The highest BCUT2D eigenvalue weighted by atomic mass is 16.6. The molecule has 1 rings (SSSR count). The first-order valence-electron chi connectivity index (χ1n) is 4.95. The van der Waals surface area contributed by atoms with Gasteiger partial charge in [0.1, 0.15) is 6.04 Å². The van der Waals surface area contributed by atoms with Crippen LogP contribution in [0.15, 0.2) is 0 Å². The van der Waals surface area contributed by atoms with Gasteiger partial charge in [0.25, 0.3) is 5.91 Å². The highest BCUT2D eigenvalue weighted by Gasteiger charge is 2.28. The number of carboxylic acids is 2. The summed E-state index contributed by atoms with van der Waals surface area (Å²) in [5.41, 5.74) is 0. The van der Waals surface area contributed by atoms with E-state index in [2.05, 4.69) is 5.32 Å². The van der Waals surface area contributed by atoms with Crippen molar-refractivity contribution in [1.82, 2.24) is 5.32 Å². The van der Waals surface area contributed by atoms with Gasteiger partial charge in [0.15, 0.2) is 6.10 Å². The van der Waals surface area contributed by atoms with E-state index in [1.54, 1.807) is 0 Å². The van der Waals surface area contributed by atoms with Gasteiger partial charge in [-0.25, -0.2) is 4.79 Å². The summed E-state index contributed by atoms with van der Waals surface area (Å²) in [7, 11) is 0. The van der Waals surface area contributed by atoms with Crippen LogP contribution in [-0.4, -0.2) is 60.0 Å². The summed E-state index contributed by atoms with van der Waals surface area (Å²) >= 11 is 0. The van der Waals surface area contributed by atoms with Gasteiger partial charge in [-0.2, -0.15) is 0 Å². The van der Waals surface area contributed by atoms with Crippen LogP contribution in [0.4, 0.5) is 0 Å². The second kappa shape index (κ2) is 6.16. The third-order valence-corrected chi connectivity index (χ3v) is 2.10. The second-order valence-electron chi connectivity index (χ2n) is 3.43. The van der Waals surface area contributed by atoms with E-state index < -0.39 is 36.4 Å². The van der Waals surface area contributed by atoms with E-state index in [4.69, 9.17) is 19.7 Å². The molecule has 96 valence electrons. The van der Waals surface area contributed by atoms with E-state index in [1.807, 2.05) is 0 Å². The van der Waals surface area contributed by atoms with Gasteiger partial charge in [0.2, 0.25) is 0 Å².